The number of nitrogens with one attached hydrogen (secondary N) is 1. The Kier molecular flexibility index (Phi) is 3.00. The molecule has 0 amide bonds. The average molecular weight is 231 g/mol. The summed E-state index contributed by atoms with van der Waals surface area (Å²) in [7, 11) is 0. The molecule has 0 fully saturated rings. The van der Waals surface area contributed by atoms with Gasteiger partial charge in [-0.05, 0) is 35.1 Å². The molecule has 1 aromatic heterocycles. The number of para-hydroxylation sites is 1. The van der Waals surface area contributed by atoms with Gasteiger partial charge in [0.05, 0.1) is 0 Å². The van der Waals surface area contributed by atoms with E-state index in [0.717, 1.165) is 11.3 Å². The number of carbonyl (C=O) groups is 1. The molecule has 0 aliphatic heterocycles. The number of nitrogens with zero attached hydrogens (tertiary/aromatic N) is 1. The number of hydrogen-bond acceptors (Lipinski definition) is 3. The first-order valence-electron chi connectivity index (χ1n) is 5.05. The van der Waals surface area contributed by atoms with Gasteiger partial charge in [0.15, 0.2) is 5.78 Å². The van der Waals surface area contributed by atoms with Crippen LogP contribution in [-0.4, -0.2) is 11.1 Å². The van der Waals surface area contributed by atoms with Crippen molar-refractivity contribution in [1.82, 2.24) is 5.27 Å². The van der Waals surface area contributed by atoms with E-state index in [1.807, 2.05) is 24.3 Å². The fraction of sp³-hybridized carbons (Fsp3) is 0.0833. The molecule has 1 aromatic carbocycles. The molecule has 1 N–H and O–H groups in total. The highest BCUT2D eigenvalue weighted by Crippen LogP contribution is 2.09. The second-order valence-electron chi connectivity index (χ2n) is 3.51. The van der Waals surface area contributed by atoms with E-state index in [9.17, 15) is 9.59 Å². The van der Waals surface area contributed by atoms with Gasteiger partial charge in [0.2, 0.25) is 5.69 Å². The van der Waals surface area contributed by atoms with Crippen LogP contribution in [0.25, 0.3) is 11.8 Å². The minimum Gasteiger partial charge on any atom is -0.295 e. The standard InChI is InChI=1S/C12H10N2O3/c1-9(15)6-7-10-4-2-3-5-11(10)14-8-12(16)17-13-14/h2-8H,1H3/p+1/b7-6+. The van der Waals surface area contributed by atoms with Crippen molar-refractivity contribution >= 4 is 11.9 Å². The number of rotatable bonds is 3. The molecule has 1 heterocycles. The third kappa shape index (κ3) is 2.57. The van der Waals surface area contributed by atoms with Gasteiger partial charge < -0.3 is 0 Å². The first kappa shape index (κ1) is 11.1. The molecule has 2 rings (SSSR count). The van der Waals surface area contributed by atoms with E-state index in [4.69, 9.17) is 0 Å². The predicted molar refractivity (Wildman–Crippen MR) is 60.6 cm³/mol. The smallest absolute Gasteiger partial charge is 0.295 e. The quantitative estimate of drug-likeness (QED) is 0.629. The number of benzene rings is 1. The molecular formula is C12H11N2O3+. The van der Waals surface area contributed by atoms with E-state index in [-0.39, 0.29) is 5.78 Å². The number of aromatic amines is 1. The Morgan fingerprint density at radius 1 is 1.41 bits per heavy atom. The molecule has 0 saturated carbocycles. The zero-order valence-corrected chi connectivity index (χ0v) is 9.21. The van der Waals surface area contributed by atoms with Crippen LogP contribution < -0.4 is 10.3 Å². The summed E-state index contributed by atoms with van der Waals surface area (Å²) in [5.74, 6) is -0.0366. The normalized spacial score (nSPS) is 10.9. The van der Waals surface area contributed by atoms with Crippen molar-refractivity contribution in [2.75, 3.05) is 0 Å². The van der Waals surface area contributed by atoms with Crippen LogP contribution in [0.4, 0.5) is 0 Å². The largest absolute Gasteiger partial charge is 0.427 e. The highest BCUT2D eigenvalue weighted by atomic mass is 16.5. The molecule has 0 spiro atoms. The summed E-state index contributed by atoms with van der Waals surface area (Å²) >= 11 is 0. The van der Waals surface area contributed by atoms with Gasteiger partial charge in [-0.2, -0.15) is 0 Å². The molecule has 0 unspecified atom stereocenters. The minimum absolute atomic E-state index is 0.0366. The van der Waals surface area contributed by atoms with Gasteiger partial charge in [0.25, 0.3) is 6.20 Å². The monoisotopic (exact) mass is 231 g/mol. The van der Waals surface area contributed by atoms with Crippen LogP contribution >= 0.6 is 0 Å². The maximum atomic E-state index is 11.0. The van der Waals surface area contributed by atoms with Gasteiger partial charge in [0.1, 0.15) is 0 Å². The lowest BCUT2D eigenvalue weighted by molar-refractivity contribution is -0.670. The fourth-order valence-corrected chi connectivity index (χ4v) is 1.43. The van der Waals surface area contributed by atoms with Crippen molar-refractivity contribution < 1.29 is 14.0 Å². The molecule has 0 aliphatic carbocycles. The molecule has 5 nitrogen and oxygen atoms in total. The van der Waals surface area contributed by atoms with Crippen LogP contribution in [0.2, 0.25) is 0 Å². The summed E-state index contributed by atoms with van der Waals surface area (Å²) < 4.78 is 6.05. The van der Waals surface area contributed by atoms with Gasteiger partial charge >= 0.3 is 5.63 Å². The van der Waals surface area contributed by atoms with Gasteiger partial charge in [-0.15, -0.1) is 0 Å². The van der Waals surface area contributed by atoms with Gasteiger partial charge in [0, 0.05) is 11.6 Å². The first-order valence-corrected chi connectivity index (χ1v) is 5.05. The lowest BCUT2D eigenvalue weighted by Crippen LogP contribution is -2.33. The third-order valence-corrected chi connectivity index (χ3v) is 2.17. The predicted octanol–water partition coefficient (Wildman–Crippen LogP) is 0.847. The van der Waals surface area contributed by atoms with E-state index in [0.29, 0.717) is 0 Å². The average Bonchev–Trinajstić information content (AvgIpc) is 2.73. The lowest BCUT2D eigenvalue weighted by atomic mass is 10.1. The second-order valence-corrected chi connectivity index (χ2v) is 3.51. The van der Waals surface area contributed by atoms with Crippen LogP contribution in [0, 0.1) is 0 Å². The summed E-state index contributed by atoms with van der Waals surface area (Å²) in [6, 6.07) is 7.33. The Balaban J connectivity index is 2.47. The van der Waals surface area contributed by atoms with E-state index in [2.05, 4.69) is 9.79 Å². The Morgan fingerprint density at radius 2 is 2.18 bits per heavy atom. The van der Waals surface area contributed by atoms with Gasteiger partial charge in [-0.25, -0.2) is 4.79 Å². The molecular weight excluding hydrogens is 220 g/mol. The Bertz CT molecular complexity index is 622. The fourth-order valence-electron chi connectivity index (χ4n) is 1.43. The maximum absolute atomic E-state index is 11.0. The Morgan fingerprint density at radius 3 is 2.82 bits per heavy atom. The van der Waals surface area contributed by atoms with Crippen LogP contribution in [0.15, 0.2) is 45.9 Å². The topological polar surface area (TPSA) is 66.9 Å². The Hall–Kier alpha value is -2.43. The third-order valence-electron chi connectivity index (χ3n) is 2.17. The van der Waals surface area contributed by atoms with Crippen molar-refractivity contribution in [3.8, 4) is 5.69 Å². The van der Waals surface area contributed by atoms with Crippen LogP contribution in [0.3, 0.4) is 0 Å². The number of allylic oxidation sites excluding steroid dienone is 1. The molecule has 0 radical (unpaired) electrons. The summed E-state index contributed by atoms with van der Waals surface area (Å²) in [4.78, 5) is 21.8. The number of aromatic nitrogens is 2. The zero-order chi connectivity index (χ0) is 12.3. The number of ketones is 1. The van der Waals surface area contributed by atoms with Crippen molar-refractivity contribution in [3.63, 3.8) is 0 Å². The van der Waals surface area contributed by atoms with E-state index >= 15 is 0 Å². The van der Waals surface area contributed by atoms with E-state index in [1.54, 1.807) is 6.08 Å². The van der Waals surface area contributed by atoms with Crippen molar-refractivity contribution in [2.24, 2.45) is 0 Å². The highest BCUT2D eigenvalue weighted by molar-refractivity contribution is 5.91. The van der Waals surface area contributed by atoms with Crippen molar-refractivity contribution in [1.29, 1.82) is 0 Å². The molecule has 86 valence electrons. The highest BCUT2D eigenvalue weighted by Gasteiger charge is 2.13. The van der Waals surface area contributed by atoms with Gasteiger partial charge in [-0.1, -0.05) is 12.1 Å². The summed E-state index contributed by atoms with van der Waals surface area (Å²) in [5, 5.41) is 2.46. The summed E-state index contributed by atoms with van der Waals surface area (Å²) in [6.07, 6.45) is 4.45. The minimum atomic E-state index is -0.463. The molecule has 0 bridgehead atoms. The van der Waals surface area contributed by atoms with Gasteiger partial charge in [-0.3, -0.25) is 9.32 Å². The molecule has 0 saturated heterocycles. The van der Waals surface area contributed by atoms with Crippen LogP contribution in [0.5, 0.6) is 0 Å². The molecule has 2 aromatic rings. The lowest BCUT2D eigenvalue weighted by Gasteiger charge is -1.95. The molecule has 5 heteroatoms. The first-order chi connectivity index (χ1) is 8.16. The van der Waals surface area contributed by atoms with Crippen molar-refractivity contribution in [2.45, 2.75) is 6.92 Å². The number of carbonyl (C=O) groups excluding carboxylic acids is 1. The van der Waals surface area contributed by atoms with Crippen LogP contribution in [-0.2, 0) is 4.79 Å². The number of H-pyrrole nitrogens is 1. The van der Waals surface area contributed by atoms with E-state index in [1.165, 1.54) is 23.9 Å². The van der Waals surface area contributed by atoms with Crippen molar-refractivity contribution in [3.05, 3.63) is 52.5 Å². The van der Waals surface area contributed by atoms with Crippen LogP contribution in [0.1, 0.15) is 12.5 Å². The SMILES string of the molecule is CC(=O)/C=C/c1ccccc1-[n+]1cc(=O)o[nH]1. The maximum Gasteiger partial charge on any atom is 0.427 e. The number of hydrogen-bond donors (Lipinski definition) is 1. The summed E-state index contributed by atoms with van der Waals surface area (Å²) in [6.45, 7) is 1.48. The Labute approximate surface area is 96.9 Å². The second kappa shape index (κ2) is 4.61. The van der Waals surface area contributed by atoms with E-state index < -0.39 is 5.63 Å². The molecule has 0 atom stereocenters. The summed E-state index contributed by atoms with van der Waals surface area (Å²) in [5.41, 5.74) is 1.08. The molecule has 0 aliphatic rings. The zero-order valence-electron chi connectivity index (χ0n) is 9.21. The molecule has 17 heavy (non-hydrogen) atoms.